The van der Waals surface area contributed by atoms with E-state index < -0.39 is 0 Å². The van der Waals surface area contributed by atoms with Crippen LogP contribution in [0.3, 0.4) is 0 Å². The number of nitrogens with one attached hydrogen (secondary N) is 2. The van der Waals surface area contributed by atoms with Gasteiger partial charge in [-0.2, -0.15) is 0 Å². The number of anilines is 2. The molecule has 0 aliphatic rings. The number of rotatable bonds is 8. The Morgan fingerprint density at radius 1 is 1.18 bits per heavy atom. The average Bonchev–Trinajstić information content (AvgIpc) is 3.14. The average molecular weight is 419 g/mol. The van der Waals surface area contributed by atoms with Gasteiger partial charge in [-0.25, -0.2) is 4.39 Å². The van der Waals surface area contributed by atoms with E-state index in [0.717, 1.165) is 17.0 Å². The Balaban J connectivity index is 1.50. The third kappa shape index (κ3) is 5.67. The Morgan fingerprint density at radius 2 is 1.89 bits per heavy atom. The molecule has 0 saturated heterocycles. The molecule has 0 bridgehead atoms. The van der Waals surface area contributed by atoms with Crippen molar-refractivity contribution in [1.82, 2.24) is 15.5 Å². The Morgan fingerprint density at radius 3 is 2.57 bits per heavy atom. The molecule has 1 atom stereocenters. The van der Waals surface area contributed by atoms with Gasteiger partial charge in [0.05, 0.1) is 12.4 Å². The largest absolute Gasteiger partial charge is 0.497 e. The van der Waals surface area contributed by atoms with Crippen LogP contribution < -0.4 is 15.4 Å². The van der Waals surface area contributed by atoms with E-state index in [0.29, 0.717) is 16.0 Å². The van der Waals surface area contributed by atoms with Gasteiger partial charge in [-0.05, 0) is 48.9 Å². The van der Waals surface area contributed by atoms with E-state index in [1.807, 2.05) is 31.2 Å². The van der Waals surface area contributed by atoms with Gasteiger partial charge < -0.3 is 15.4 Å². The van der Waals surface area contributed by atoms with Gasteiger partial charge in [-0.3, -0.25) is 4.79 Å². The summed E-state index contributed by atoms with van der Waals surface area (Å²) in [6.07, 6.45) is 0. The zero-order chi connectivity index (χ0) is 19.9. The Hall–Kier alpha value is -2.65. The van der Waals surface area contributed by atoms with Crippen molar-refractivity contribution < 1.29 is 13.9 Å². The number of carbonyl (C=O) groups is 1. The van der Waals surface area contributed by atoms with Gasteiger partial charge in [0.2, 0.25) is 11.0 Å². The number of methoxy groups -OCH3 is 1. The van der Waals surface area contributed by atoms with Crippen LogP contribution in [0.25, 0.3) is 0 Å². The van der Waals surface area contributed by atoms with Crippen molar-refractivity contribution in [3.8, 4) is 5.75 Å². The summed E-state index contributed by atoms with van der Waals surface area (Å²) in [5.74, 6) is 0.364. The van der Waals surface area contributed by atoms with Crippen molar-refractivity contribution in [1.29, 1.82) is 0 Å². The minimum atomic E-state index is -0.331. The van der Waals surface area contributed by atoms with E-state index in [4.69, 9.17) is 4.74 Å². The minimum absolute atomic E-state index is 0.116. The lowest BCUT2D eigenvalue weighted by atomic mass is 10.2. The second kappa shape index (κ2) is 9.52. The van der Waals surface area contributed by atoms with Gasteiger partial charge >= 0.3 is 0 Å². The van der Waals surface area contributed by atoms with Crippen LogP contribution in [-0.4, -0.2) is 28.5 Å². The highest BCUT2D eigenvalue weighted by atomic mass is 32.2. The number of hydrogen-bond acceptors (Lipinski definition) is 7. The predicted octanol–water partition coefficient (Wildman–Crippen LogP) is 4.23. The lowest BCUT2D eigenvalue weighted by molar-refractivity contribution is -0.120. The van der Waals surface area contributed by atoms with Crippen LogP contribution in [0, 0.1) is 5.82 Å². The summed E-state index contributed by atoms with van der Waals surface area (Å²) >= 11 is 2.72. The van der Waals surface area contributed by atoms with Gasteiger partial charge in [-0.1, -0.05) is 35.2 Å². The van der Waals surface area contributed by atoms with E-state index in [1.54, 1.807) is 19.2 Å². The number of halogens is 1. The molecule has 1 heterocycles. The number of aromatic nitrogens is 2. The number of hydrogen-bond donors (Lipinski definition) is 2. The Kier molecular flexibility index (Phi) is 6.83. The number of benzene rings is 2. The summed E-state index contributed by atoms with van der Waals surface area (Å²) < 4.78 is 18.7. The van der Waals surface area contributed by atoms with E-state index in [-0.39, 0.29) is 17.0 Å². The Labute approximate surface area is 170 Å². The zero-order valence-electron chi connectivity index (χ0n) is 15.3. The van der Waals surface area contributed by atoms with Crippen molar-refractivity contribution in [2.24, 2.45) is 0 Å². The summed E-state index contributed by atoms with van der Waals surface area (Å²) in [5.41, 5.74) is 1.72. The molecule has 0 aliphatic heterocycles. The van der Waals surface area contributed by atoms with Crippen molar-refractivity contribution >= 4 is 39.8 Å². The van der Waals surface area contributed by atoms with Gasteiger partial charge in [0.25, 0.3) is 0 Å². The highest BCUT2D eigenvalue weighted by Gasteiger charge is 2.17. The lowest BCUT2D eigenvalue weighted by Crippen LogP contribution is -2.30. The summed E-state index contributed by atoms with van der Waals surface area (Å²) in [7, 11) is 1.62. The molecule has 0 saturated carbocycles. The van der Waals surface area contributed by atoms with Crippen LogP contribution in [0.15, 0.2) is 52.9 Å². The predicted molar refractivity (Wildman–Crippen MR) is 110 cm³/mol. The highest BCUT2D eigenvalue weighted by Crippen LogP contribution is 2.30. The molecule has 1 aromatic heterocycles. The van der Waals surface area contributed by atoms with Crippen molar-refractivity contribution in [3.63, 3.8) is 0 Å². The fourth-order valence-corrected chi connectivity index (χ4v) is 4.19. The standard InChI is InChI=1S/C19H19FN4O2S2/c1-12(17(25)21-11-13-3-5-14(20)6-4-13)27-19-24-23-18(28-19)22-15-7-9-16(26-2)10-8-15/h3-10,12H,11H2,1-2H3,(H,21,25)(H,22,23)/t12-/m1/s1. The lowest BCUT2D eigenvalue weighted by Gasteiger charge is -2.10. The van der Waals surface area contributed by atoms with Crippen LogP contribution in [0.2, 0.25) is 0 Å². The van der Waals surface area contributed by atoms with Gasteiger partial charge in [0, 0.05) is 12.2 Å². The molecular formula is C19H19FN4O2S2. The molecule has 3 rings (SSSR count). The molecule has 0 fully saturated rings. The second-order valence-electron chi connectivity index (χ2n) is 5.83. The summed E-state index contributed by atoms with van der Waals surface area (Å²) in [4.78, 5) is 12.3. The molecule has 6 nitrogen and oxygen atoms in total. The zero-order valence-corrected chi connectivity index (χ0v) is 16.9. The molecule has 3 aromatic rings. The Bertz CT molecular complexity index is 916. The van der Waals surface area contributed by atoms with E-state index >= 15 is 0 Å². The smallest absolute Gasteiger partial charge is 0.233 e. The van der Waals surface area contributed by atoms with Crippen LogP contribution in [0.5, 0.6) is 5.75 Å². The topological polar surface area (TPSA) is 76.1 Å². The molecule has 0 unspecified atom stereocenters. The summed E-state index contributed by atoms with van der Waals surface area (Å²) in [5, 5.41) is 14.6. The van der Waals surface area contributed by atoms with Crippen LogP contribution in [0.4, 0.5) is 15.2 Å². The number of carbonyl (C=O) groups excluding carboxylic acids is 1. The van der Waals surface area contributed by atoms with E-state index in [1.165, 1.54) is 35.2 Å². The number of amides is 1. The first kappa shape index (κ1) is 20.1. The number of thioether (sulfide) groups is 1. The third-order valence-corrected chi connectivity index (χ3v) is 5.80. The maximum atomic E-state index is 12.9. The van der Waals surface area contributed by atoms with Crippen LogP contribution >= 0.6 is 23.1 Å². The first-order chi connectivity index (χ1) is 13.5. The molecular weight excluding hydrogens is 399 g/mol. The first-order valence-corrected chi connectivity index (χ1v) is 10.2. The SMILES string of the molecule is COc1ccc(Nc2nnc(S[C@H](C)C(=O)NCc3ccc(F)cc3)s2)cc1. The molecule has 0 spiro atoms. The first-order valence-electron chi connectivity index (χ1n) is 8.47. The molecule has 2 N–H and O–H groups in total. The molecule has 0 aliphatic carbocycles. The van der Waals surface area contributed by atoms with Gasteiger partial charge in [0.15, 0.2) is 4.34 Å². The second-order valence-corrected chi connectivity index (χ2v) is 8.40. The van der Waals surface area contributed by atoms with Crippen molar-refractivity contribution in [2.45, 2.75) is 23.1 Å². The third-order valence-electron chi connectivity index (χ3n) is 3.77. The summed E-state index contributed by atoms with van der Waals surface area (Å²) in [6.45, 7) is 2.16. The van der Waals surface area contributed by atoms with Crippen LogP contribution in [0.1, 0.15) is 12.5 Å². The fraction of sp³-hybridized carbons (Fsp3) is 0.211. The normalized spacial score (nSPS) is 11.7. The van der Waals surface area contributed by atoms with E-state index in [9.17, 15) is 9.18 Å². The monoisotopic (exact) mass is 418 g/mol. The number of nitrogens with zero attached hydrogens (tertiary/aromatic N) is 2. The maximum Gasteiger partial charge on any atom is 0.233 e. The quantitative estimate of drug-likeness (QED) is 0.533. The number of ether oxygens (including phenoxy) is 1. The molecule has 1 amide bonds. The van der Waals surface area contributed by atoms with Crippen molar-refractivity contribution in [3.05, 3.63) is 59.9 Å². The maximum absolute atomic E-state index is 12.9. The van der Waals surface area contributed by atoms with Crippen LogP contribution in [-0.2, 0) is 11.3 Å². The molecule has 2 aromatic carbocycles. The fourth-order valence-electron chi connectivity index (χ4n) is 2.25. The van der Waals surface area contributed by atoms with Gasteiger partial charge in [-0.15, -0.1) is 10.2 Å². The molecule has 28 heavy (non-hydrogen) atoms. The van der Waals surface area contributed by atoms with E-state index in [2.05, 4.69) is 20.8 Å². The molecule has 0 radical (unpaired) electrons. The molecule has 146 valence electrons. The van der Waals surface area contributed by atoms with Gasteiger partial charge in [0.1, 0.15) is 11.6 Å². The minimum Gasteiger partial charge on any atom is -0.497 e. The molecule has 9 heteroatoms. The highest BCUT2D eigenvalue weighted by molar-refractivity contribution is 8.02. The summed E-state index contributed by atoms with van der Waals surface area (Å²) in [6, 6.07) is 13.5. The van der Waals surface area contributed by atoms with Crippen molar-refractivity contribution in [2.75, 3.05) is 12.4 Å².